The molecule has 0 saturated carbocycles. The van der Waals surface area contributed by atoms with Crippen LogP contribution in [0, 0.1) is 6.92 Å². The lowest BCUT2D eigenvalue weighted by molar-refractivity contribution is -0.170. The molecule has 1 aromatic rings. The highest BCUT2D eigenvalue weighted by molar-refractivity contribution is 9.10. The van der Waals surface area contributed by atoms with Crippen LogP contribution in [0.5, 0.6) is 0 Å². The summed E-state index contributed by atoms with van der Waals surface area (Å²) in [5, 5.41) is 0. The Balaban J connectivity index is 2.28. The van der Waals surface area contributed by atoms with Crippen molar-refractivity contribution < 1.29 is 9.47 Å². The molecule has 0 amide bonds. The first-order chi connectivity index (χ1) is 7.59. The second-order valence-corrected chi connectivity index (χ2v) is 6.43. The van der Waals surface area contributed by atoms with Gasteiger partial charge in [0, 0.05) is 0 Å². The molecule has 0 aromatic carbocycles. The number of aryl methyl sites for hydroxylation is 1. The Morgan fingerprint density at radius 1 is 1.69 bits per heavy atom. The van der Waals surface area contributed by atoms with Gasteiger partial charge in [0.05, 0.1) is 28.3 Å². The monoisotopic (exact) mass is 339 g/mol. The van der Waals surface area contributed by atoms with E-state index in [0.717, 1.165) is 15.0 Å². The van der Waals surface area contributed by atoms with Crippen LogP contribution in [0.4, 0.5) is 0 Å². The summed E-state index contributed by atoms with van der Waals surface area (Å²) in [4.78, 5) is 1.06. The van der Waals surface area contributed by atoms with Gasteiger partial charge in [-0.15, -0.1) is 0 Å². The molecule has 7 heteroatoms. The highest BCUT2D eigenvalue weighted by Gasteiger charge is 2.47. The molecular weight excluding hydrogens is 330 g/mol. The van der Waals surface area contributed by atoms with E-state index >= 15 is 0 Å². The van der Waals surface area contributed by atoms with Crippen LogP contribution in [0.25, 0.3) is 0 Å². The van der Waals surface area contributed by atoms with Gasteiger partial charge in [0.2, 0.25) is 4.38 Å². The zero-order valence-corrected chi connectivity index (χ0v) is 12.8. The number of ether oxygens (including phenoxy) is 2. The molecule has 0 spiro atoms. The fraction of sp³-hybridized carbons (Fsp3) is 0.556. The first-order valence-electron chi connectivity index (χ1n) is 4.56. The van der Waals surface area contributed by atoms with Gasteiger partial charge in [-0.2, -0.15) is 4.37 Å². The Hall–Kier alpha value is 0.310. The van der Waals surface area contributed by atoms with E-state index in [1.165, 1.54) is 23.3 Å². The third-order valence-electron chi connectivity index (χ3n) is 2.32. The third kappa shape index (κ3) is 2.15. The van der Waals surface area contributed by atoms with Crippen molar-refractivity contribution in [1.29, 1.82) is 0 Å². The number of thiocarbonyl (C=S) groups is 1. The predicted molar refractivity (Wildman–Crippen MR) is 74.2 cm³/mol. The summed E-state index contributed by atoms with van der Waals surface area (Å²) >= 11 is 11.5. The van der Waals surface area contributed by atoms with Crippen LogP contribution in [-0.2, 0) is 15.1 Å². The van der Waals surface area contributed by atoms with Crippen molar-refractivity contribution in [2.45, 2.75) is 12.5 Å². The molecule has 1 aliphatic rings. The maximum atomic E-state index is 5.81. The Bertz CT molecular complexity index is 417. The lowest BCUT2D eigenvalue weighted by Gasteiger charge is -2.40. The Morgan fingerprint density at radius 2 is 2.38 bits per heavy atom. The van der Waals surface area contributed by atoms with Crippen molar-refractivity contribution in [3.8, 4) is 0 Å². The maximum absolute atomic E-state index is 5.81. The van der Waals surface area contributed by atoms with Gasteiger partial charge in [-0.1, -0.05) is 11.8 Å². The maximum Gasteiger partial charge on any atom is 0.220 e. The van der Waals surface area contributed by atoms with Gasteiger partial charge in [-0.3, -0.25) is 0 Å². The van der Waals surface area contributed by atoms with E-state index < -0.39 is 5.60 Å². The highest BCUT2D eigenvalue weighted by atomic mass is 79.9. The minimum absolute atomic E-state index is 0.426. The number of hydrogen-bond acceptors (Lipinski definition) is 6. The van der Waals surface area contributed by atoms with Gasteiger partial charge < -0.3 is 9.47 Å². The fourth-order valence-electron chi connectivity index (χ4n) is 1.37. The van der Waals surface area contributed by atoms with E-state index in [2.05, 4.69) is 20.3 Å². The molecule has 2 rings (SSSR count). The zero-order valence-electron chi connectivity index (χ0n) is 8.78. The molecule has 88 valence electrons. The van der Waals surface area contributed by atoms with Gasteiger partial charge in [-0.25, -0.2) is 0 Å². The molecule has 2 heterocycles. The number of nitrogens with zero attached hydrogens (tertiary/aromatic N) is 1. The first kappa shape index (κ1) is 12.8. The quantitative estimate of drug-likeness (QED) is 0.773. The topological polar surface area (TPSA) is 31.4 Å². The standard InChI is InChI=1S/C9H10BrNO2S3/c1-5-6(10)7(16-11-5)9(3-12-4-9)13-8(14)15-2/h3-4H2,1-2H3. The smallest absolute Gasteiger partial charge is 0.220 e. The number of rotatable bonds is 2. The molecule has 0 aliphatic carbocycles. The molecule has 1 aromatic heterocycles. The van der Waals surface area contributed by atoms with Crippen LogP contribution in [0.1, 0.15) is 10.6 Å². The van der Waals surface area contributed by atoms with Gasteiger partial charge >= 0.3 is 0 Å². The summed E-state index contributed by atoms with van der Waals surface area (Å²) in [6.07, 6.45) is 1.91. The molecule has 0 atom stereocenters. The van der Waals surface area contributed by atoms with Gasteiger partial charge in [-0.05, 0) is 52.9 Å². The lowest BCUT2D eigenvalue weighted by Crippen LogP contribution is -2.49. The molecule has 0 radical (unpaired) electrons. The van der Waals surface area contributed by atoms with Crippen molar-refractivity contribution in [3.63, 3.8) is 0 Å². The predicted octanol–water partition coefficient (Wildman–Crippen LogP) is 3.10. The van der Waals surface area contributed by atoms with Crippen molar-refractivity contribution in [2.75, 3.05) is 19.5 Å². The van der Waals surface area contributed by atoms with Crippen molar-refractivity contribution in [2.24, 2.45) is 0 Å². The molecule has 0 bridgehead atoms. The highest BCUT2D eigenvalue weighted by Crippen LogP contribution is 2.42. The second-order valence-electron chi connectivity index (χ2n) is 3.45. The lowest BCUT2D eigenvalue weighted by atomic mass is 10.00. The van der Waals surface area contributed by atoms with Crippen LogP contribution >= 0.6 is 51.4 Å². The summed E-state index contributed by atoms with van der Waals surface area (Å²) in [6.45, 7) is 3.03. The van der Waals surface area contributed by atoms with Gasteiger partial charge in [0.1, 0.15) is 0 Å². The average molecular weight is 340 g/mol. The van der Waals surface area contributed by atoms with E-state index in [0.29, 0.717) is 17.6 Å². The van der Waals surface area contributed by atoms with Crippen molar-refractivity contribution in [3.05, 3.63) is 15.0 Å². The third-order valence-corrected chi connectivity index (χ3v) is 5.68. The van der Waals surface area contributed by atoms with Crippen molar-refractivity contribution in [1.82, 2.24) is 4.37 Å². The molecular formula is C9H10BrNO2S3. The average Bonchev–Trinajstić information content (AvgIpc) is 2.54. The van der Waals surface area contributed by atoms with Crippen LogP contribution < -0.4 is 0 Å². The van der Waals surface area contributed by atoms with Gasteiger partial charge in [0.15, 0.2) is 5.60 Å². The normalized spacial score (nSPS) is 17.9. The second kappa shape index (κ2) is 4.89. The van der Waals surface area contributed by atoms with E-state index in [-0.39, 0.29) is 0 Å². The van der Waals surface area contributed by atoms with E-state index in [1.807, 2.05) is 13.2 Å². The molecule has 3 nitrogen and oxygen atoms in total. The van der Waals surface area contributed by atoms with Crippen LogP contribution in [-0.4, -0.2) is 28.2 Å². The summed E-state index contributed by atoms with van der Waals surface area (Å²) < 4.78 is 16.9. The molecule has 16 heavy (non-hydrogen) atoms. The molecule has 0 unspecified atom stereocenters. The Kier molecular flexibility index (Phi) is 3.90. The van der Waals surface area contributed by atoms with E-state index in [9.17, 15) is 0 Å². The summed E-state index contributed by atoms with van der Waals surface area (Å²) in [5.74, 6) is 0. The number of aromatic nitrogens is 1. The Labute approximate surface area is 116 Å². The zero-order chi connectivity index (χ0) is 11.8. The molecule has 1 saturated heterocycles. The SMILES string of the molecule is CSC(=S)OC1(c2snc(C)c2Br)COC1. The minimum atomic E-state index is -0.426. The molecule has 1 fully saturated rings. The summed E-state index contributed by atoms with van der Waals surface area (Å²) in [6, 6.07) is 0. The Morgan fingerprint density at radius 3 is 2.75 bits per heavy atom. The van der Waals surface area contributed by atoms with Crippen LogP contribution in [0.15, 0.2) is 4.47 Å². The fourth-order valence-corrected chi connectivity index (χ4v) is 3.43. The summed E-state index contributed by atoms with van der Waals surface area (Å²) in [5.41, 5.74) is 0.551. The molecule has 1 aliphatic heterocycles. The van der Waals surface area contributed by atoms with E-state index in [4.69, 9.17) is 21.7 Å². The number of thioether (sulfide) groups is 1. The number of hydrogen-bond donors (Lipinski definition) is 0. The summed E-state index contributed by atoms with van der Waals surface area (Å²) in [7, 11) is 0. The molecule has 0 N–H and O–H groups in total. The van der Waals surface area contributed by atoms with E-state index in [1.54, 1.807) is 0 Å². The van der Waals surface area contributed by atoms with Gasteiger partial charge in [0.25, 0.3) is 0 Å². The number of halogens is 1. The van der Waals surface area contributed by atoms with Crippen molar-refractivity contribution >= 4 is 55.8 Å². The first-order valence-corrected chi connectivity index (χ1v) is 7.76. The largest absolute Gasteiger partial charge is 0.461 e. The van der Waals surface area contributed by atoms with Crippen LogP contribution in [0.3, 0.4) is 0 Å². The van der Waals surface area contributed by atoms with Crippen LogP contribution in [0.2, 0.25) is 0 Å². The minimum Gasteiger partial charge on any atom is -0.461 e.